The number of hydrogen-bond donors (Lipinski definition) is 1. The molecule has 0 aliphatic carbocycles. The Bertz CT molecular complexity index is 833. The molecule has 0 spiro atoms. The molecule has 0 aromatic heterocycles. The van der Waals surface area contributed by atoms with Gasteiger partial charge in [-0.2, -0.15) is 0 Å². The molecule has 0 aliphatic rings. The van der Waals surface area contributed by atoms with E-state index in [1.54, 1.807) is 16.7 Å². The Labute approximate surface area is 191 Å². The van der Waals surface area contributed by atoms with E-state index in [4.69, 9.17) is 0 Å². The maximum absolute atomic E-state index is 13.3. The number of benzene rings is 2. The fourth-order valence-electron chi connectivity index (χ4n) is 3.29. The van der Waals surface area contributed by atoms with E-state index in [9.17, 15) is 9.59 Å². The van der Waals surface area contributed by atoms with Gasteiger partial charge >= 0.3 is 0 Å². The van der Waals surface area contributed by atoms with E-state index < -0.39 is 6.04 Å². The van der Waals surface area contributed by atoms with Gasteiger partial charge in [0, 0.05) is 29.7 Å². The Balaban J connectivity index is 2.12. The lowest BCUT2D eigenvalue weighted by Crippen LogP contribution is -2.50. The number of thioether (sulfide) groups is 1. The number of hydrogen-bond acceptors (Lipinski definition) is 3. The van der Waals surface area contributed by atoms with Crippen molar-refractivity contribution in [2.45, 2.75) is 77.4 Å². The highest BCUT2D eigenvalue weighted by Crippen LogP contribution is 2.21. The Morgan fingerprint density at radius 3 is 2.06 bits per heavy atom. The summed E-state index contributed by atoms with van der Waals surface area (Å²) < 4.78 is 0. The van der Waals surface area contributed by atoms with Gasteiger partial charge in [0.05, 0.1) is 0 Å². The van der Waals surface area contributed by atoms with Crippen molar-refractivity contribution in [3.63, 3.8) is 0 Å². The minimum Gasteiger partial charge on any atom is -0.352 e. The van der Waals surface area contributed by atoms with Crippen LogP contribution in [-0.2, 0) is 16.1 Å². The fourth-order valence-corrected chi connectivity index (χ4v) is 4.13. The van der Waals surface area contributed by atoms with E-state index in [-0.39, 0.29) is 17.9 Å². The van der Waals surface area contributed by atoms with Crippen LogP contribution < -0.4 is 5.32 Å². The van der Waals surface area contributed by atoms with Gasteiger partial charge < -0.3 is 10.2 Å². The number of carbonyl (C=O) groups excluding carboxylic acids is 2. The molecule has 0 fully saturated rings. The molecule has 4 nitrogen and oxygen atoms in total. The SMILES string of the molecule is CC[C@H](C)NC(=O)[C@H](CC)N(Cc1ccc(C)cc1)C(=O)CCSc1ccc(C)cc1. The van der Waals surface area contributed by atoms with Gasteiger partial charge in [-0.3, -0.25) is 9.59 Å². The standard InChI is InChI=1S/C26H36N2O2S/c1-6-21(5)27-26(30)24(7-2)28(18-22-12-8-19(3)9-13-22)25(29)16-17-31-23-14-10-20(4)11-15-23/h8-15,21,24H,6-7,16-18H2,1-5H3,(H,27,30)/t21-,24-/m0/s1. The van der Waals surface area contributed by atoms with Crippen LogP contribution in [0.5, 0.6) is 0 Å². The zero-order chi connectivity index (χ0) is 22.8. The summed E-state index contributed by atoms with van der Waals surface area (Å²) in [4.78, 5) is 29.1. The van der Waals surface area contributed by atoms with Crippen LogP contribution in [0.2, 0.25) is 0 Å². The molecule has 0 bridgehead atoms. The highest BCUT2D eigenvalue weighted by atomic mass is 32.2. The van der Waals surface area contributed by atoms with Gasteiger partial charge in [-0.1, -0.05) is 61.4 Å². The summed E-state index contributed by atoms with van der Waals surface area (Å²) in [6.45, 7) is 10.6. The van der Waals surface area contributed by atoms with E-state index in [2.05, 4.69) is 36.5 Å². The highest BCUT2D eigenvalue weighted by Gasteiger charge is 2.28. The maximum atomic E-state index is 13.3. The van der Waals surface area contributed by atoms with Crippen molar-refractivity contribution >= 4 is 23.6 Å². The Morgan fingerprint density at radius 1 is 0.935 bits per heavy atom. The molecule has 2 rings (SSSR count). The van der Waals surface area contributed by atoms with Gasteiger partial charge in [-0.25, -0.2) is 0 Å². The first-order valence-corrected chi connectivity index (χ1v) is 12.2. The van der Waals surface area contributed by atoms with Crippen molar-refractivity contribution in [3.8, 4) is 0 Å². The molecule has 0 aliphatic heterocycles. The Hall–Kier alpha value is -2.27. The first-order valence-electron chi connectivity index (χ1n) is 11.2. The van der Waals surface area contributed by atoms with Crippen molar-refractivity contribution in [2.24, 2.45) is 0 Å². The minimum absolute atomic E-state index is 0.0198. The predicted octanol–water partition coefficient (Wildman–Crippen LogP) is 5.51. The highest BCUT2D eigenvalue weighted by molar-refractivity contribution is 7.99. The second-order valence-corrected chi connectivity index (χ2v) is 9.33. The first kappa shape index (κ1) is 25.0. The maximum Gasteiger partial charge on any atom is 0.243 e. The largest absolute Gasteiger partial charge is 0.352 e. The van der Waals surface area contributed by atoms with Crippen LogP contribution in [0.1, 0.15) is 56.7 Å². The van der Waals surface area contributed by atoms with Crippen LogP contribution >= 0.6 is 11.8 Å². The van der Waals surface area contributed by atoms with Gasteiger partial charge in [0.1, 0.15) is 6.04 Å². The molecule has 31 heavy (non-hydrogen) atoms. The summed E-state index contributed by atoms with van der Waals surface area (Å²) in [6.07, 6.45) is 1.85. The van der Waals surface area contributed by atoms with E-state index >= 15 is 0 Å². The van der Waals surface area contributed by atoms with E-state index in [1.807, 2.05) is 52.0 Å². The van der Waals surface area contributed by atoms with Gasteiger partial charge in [-0.05, 0) is 51.3 Å². The molecule has 0 saturated heterocycles. The second-order valence-electron chi connectivity index (χ2n) is 8.16. The quantitative estimate of drug-likeness (QED) is 0.469. The van der Waals surface area contributed by atoms with Crippen LogP contribution in [0.4, 0.5) is 0 Å². The molecule has 168 valence electrons. The second kappa shape index (κ2) is 12.6. The predicted molar refractivity (Wildman–Crippen MR) is 130 cm³/mol. The van der Waals surface area contributed by atoms with Gasteiger partial charge in [-0.15, -0.1) is 11.8 Å². The summed E-state index contributed by atoms with van der Waals surface area (Å²) in [7, 11) is 0. The average molecular weight is 441 g/mol. The number of nitrogens with zero attached hydrogens (tertiary/aromatic N) is 1. The van der Waals surface area contributed by atoms with Gasteiger partial charge in [0.2, 0.25) is 11.8 Å². The van der Waals surface area contributed by atoms with Crippen LogP contribution in [0, 0.1) is 13.8 Å². The van der Waals surface area contributed by atoms with E-state index in [1.165, 1.54) is 11.1 Å². The Kier molecular flexibility index (Phi) is 10.1. The van der Waals surface area contributed by atoms with Crippen molar-refractivity contribution in [1.82, 2.24) is 10.2 Å². The molecular weight excluding hydrogens is 404 g/mol. The fraction of sp³-hybridized carbons (Fsp3) is 0.462. The number of aryl methyl sites for hydroxylation is 2. The zero-order valence-electron chi connectivity index (χ0n) is 19.5. The third-order valence-corrected chi connectivity index (χ3v) is 6.48. The molecule has 2 aromatic rings. The number of rotatable bonds is 11. The third kappa shape index (κ3) is 8.06. The molecule has 1 N–H and O–H groups in total. The molecular formula is C26H36N2O2S. The summed E-state index contributed by atoms with van der Waals surface area (Å²) in [5, 5.41) is 3.06. The van der Waals surface area contributed by atoms with E-state index in [0.717, 1.165) is 16.9 Å². The van der Waals surface area contributed by atoms with Crippen molar-refractivity contribution in [1.29, 1.82) is 0 Å². The monoisotopic (exact) mass is 440 g/mol. The van der Waals surface area contributed by atoms with Gasteiger partial charge in [0.15, 0.2) is 0 Å². The lowest BCUT2D eigenvalue weighted by atomic mass is 10.1. The summed E-state index contributed by atoms with van der Waals surface area (Å²) >= 11 is 1.68. The topological polar surface area (TPSA) is 49.4 Å². The van der Waals surface area contributed by atoms with E-state index in [0.29, 0.717) is 25.1 Å². The molecule has 2 atom stereocenters. The molecule has 2 amide bonds. The van der Waals surface area contributed by atoms with Crippen molar-refractivity contribution in [3.05, 3.63) is 65.2 Å². The van der Waals surface area contributed by atoms with Crippen molar-refractivity contribution in [2.75, 3.05) is 5.75 Å². The number of carbonyl (C=O) groups is 2. The molecule has 0 heterocycles. The summed E-state index contributed by atoms with van der Waals surface area (Å²) in [5.74, 6) is 0.644. The molecule has 2 aromatic carbocycles. The third-order valence-electron chi connectivity index (χ3n) is 5.47. The van der Waals surface area contributed by atoms with Crippen LogP contribution in [0.3, 0.4) is 0 Å². The smallest absolute Gasteiger partial charge is 0.243 e. The lowest BCUT2D eigenvalue weighted by Gasteiger charge is -2.31. The van der Waals surface area contributed by atoms with Crippen LogP contribution in [0.25, 0.3) is 0 Å². The van der Waals surface area contributed by atoms with Crippen LogP contribution in [0.15, 0.2) is 53.4 Å². The van der Waals surface area contributed by atoms with Crippen LogP contribution in [-0.4, -0.2) is 34.6 Å². The zero-order valence-corrected chi connectivity index (χ0v) is 20.3. The lowest BCUT2D eigenvalue weighted by molar-refractivity contribution is -0.141. The minimum atomic E-state index is -0.466. The molecule has 0 unspecified atom stereocenters. The molecule has 0 saturated carbocycles. The normalized spacial score (nSPS) is 12.8. The number of amides is 2. The summed E-state index contributed by atoms with van der Waals surface area (Å²) in [5.41, 5.74) is 3.44. The molecule has 0 radical (unpaired) electrons. The Morgan fingerprint density at radius 2 is 1.52 bits per heavy atom. The van der Waals surface area contributed by atoms with Crippen molar-refractivity contribution < 1.29 is 9.59 Å². The number of nitrogens with one attached hydrogen (secondary N) is 1. The average Bonchev–Trinajstić information content (AvgIpc) is 2.76. The molecule has 5 heteroatoms. The van der Waals surface area contributed by atoms with Gasteiger partial charge in [0.25, 0.3) is 0 Å². The summed E-state index contributed by atoms with van der Waals surface area (Å²) in [6, 6.07) is 16.1. The first-order chi connectivity index (χ1) is 14.8.